The molecule has 7 heteroatoms. The molecule has 0 bridgehead atoms. The first-order valence-corrected chi connectivity index (χ1v) is 9.32. The Kier molecular flexibility index (Phi) is 6.85. The van der Waals surface area contributed by atoms with E-state index in [4.69, 9.17) is 4.74 Å². The van der Waals surface area contributed by atoms with Crippen molar-refractivity contribution in [3.8, 4) is 0 Å². The van der Waals surface area contributed by atoms with E-state index < -0.39 is 5.97 Å². The maximum absolute atomic E-state index is 11.7. The summed E-state index contributed by atoms with van der Waals surface area (Å²) in [5.41, 5.74) is 0.928. The van der Waals surface area contributed by atoms with Crippen LogP contribution in [0.3, 0.4) is 0 Å². The molecule has 1 aromatic carbocycles. The Hall–Kier alpha value is -1.60. The Morgan fingerprint density at radius 3 is 2.91 bits per heavy atom. The molecule has 1 heterocycles. The number of para-hydroxylation sites is 1. The van der Waals surface area contributed by atoms with E-state index >= 15 is 0 Å². The molecule has 0 aliphatic heterocycles. The lowest BCUT2D eigenvalue weighted by Gasteiger charge is -2.12. The fourth-order valence-electron chi connectivity index (χ4n) is 2.04. The van der Waals surface area contributed by atoms with Crippen LogP contribution in [0.15, 0.2) is 28.6 Å². The standard InChI is InChI=1S/C16H20N2O3S2/c1-3-6-11(2)17-14(19)9-21-15(20)10-22-16-18-12-7-4-5-8-13(12)23-16/h4-5,7-8,11H,3,6,9-10H2,1-2H3,(H,17,19)/t11-/m1/s1. The fourth-order valence-corrected chi connectivity index (χ4v) is 3.91. The molecule has 0 spiro atoms. The number of fused-ring (bicyclic) bond motifs is 1. The average Bonchev–Trinajstić information content (AvgIpc) is 2.94. The van der Waals surface area contributed by atoms with E-state index in [-0.39, 0.29) is 24.3 Å². The van der Waals surface area contributed by atoms with Crippen molar-refractivity contribution in [1.29, 1.82) is 0 Å². The van der Waals surface area contributed by atoms with Gasteiger partial charge in [0, 0.05) is 6.04 Å². The van der Waals surface area contributed by atoms with Crippen molar-refractivity contribution in [2.45, 2.75) is 37.1 Å². The third kappa shape index (κ3) is 5.84. The summed E-state index contributed by atoms with van der Waals surface area (Å²) in [5, 5.41) is 2.79. The van der Waals surface area contributed by atoms with Crippen LogP contribution in [-0.4, -0.2) is 35.3 Å². The molecule has 5 nitrogen and oxygen atoms in total. The van der Waals surface area contributed by atoms with Gasteiger partial charge in [0.25, 0.3) is 5.91 Å². The minimum Gasteiger partial charge on any atom is -0.455 e. The van der Waals surface area contributed by atoms with Crippen molar-refractivity contribution in [3.05, 3.63) is 24.3 Å². The summed E-state index contributed by atoms with van der Waals surface area (Å²) in [7, 11) is 0. The highest BCUT2D eigenvalue weighted by Gasteiger charge is 2.12. The number of benzene rings is 1. The molecular weight excluding hydrogens is 332 g/mol. The largest absolute Gasteiger partial charge is 0.455 e. The van der Waals surface area contributed by atoms with Gasteiger partial charge in [0.05, 0.1) is 16.0 Å². The summed E-state index contributed by atoms with van der Waals surface area (Å²) in [4.78, 5) is 27.8. The smallest absolute Gasteiger partial charge is 0.316 e. The van der Waals surface area contributed by atoms with Gasteiger partial charge in [-0.1, -0.05) is 37.2 Å². The van der Waals surface area contributed by atoms with E-state index in [0.29, 0.717) is 0 Å². The molecule has 0 unspecified atom stereocenters. The molecule has 0 radical (unpaired) electrons. The molecule has 1 aromatic heterocycles. The van der Waals surface area contributed by atoms with Crippen molar-refractivity contribution in [1.82, 2.24) is 10.3 Å². The number of nitrogens with one attached hydrogen (secondary N) is 1. The zero-order valence-electron chi connectivity index (χ0n) is 13.2. The molecule has 0 fully saturated rings. The SMILES string of the molecule is CCC[C@@H](C)NC(=O)COC(=O)CSc1nc2ccccc2s1. The Morgan fingerprint density at radius 2 is 2.17 bits per heavy atom. The number of esters is 1. The summed E-state index contributed by atoms with van der Waals surface area (Å²) in [6.45, 7) is 3.77. The van der Waals surface area contributed by atoms with Gasteiger partial charge >= 0.3 is 5.97 Å². The zero-order chi connectivity index (χ0) is 16.7. The summed E-state index contributed by atoms with van der Waals surface area (Å²) >= 11 is 2.87. The Morgan fingerprint density at radius 1 is 1.39 bits per heavy atom. The van der Waals surface area contributed by atoms with Crippen LogP contribution in [0.5, 0.6) is 0 Å². The molecule has 1 atom stereocenters. The number of thioether (sulfide) groups is 1. The maximum Gasteiger partial charge on any atom is 0.316 e. The number of amides is 1. The lowest BCUT2D eigenvalue weighted by molar-refractivity contribution is -0.146. The quantitative estimate of drug-likeness (QED) is 0.583. The first kappa shape index (κ1) is 17.7. The number of hydrogen-bond donors (Lipinski definition) is 1. The van der Waals surface area contributed by atoms with Gasteiger partial charge in [-0.15, -0.1) is 11.3 Å². The van der Waals surface area contributed by atoms with Crippen LogP contribution in [0.4, 0.5) is 0 Å². The van der Waals surface area contributed by atoms with Crippen molar-refractivity contribution in [2.75, 3.05) is 12.4 Å². The summed E-state index contributed by atoms with van der Waals surface area (Å²) in [6.07, 6.45) is 1.91. The first-order chi connectivity index (χ1) is 11.1. The average molecular weight is 352 g/mol. The number of carbonyl (C=O) groups is 2. The monoisotopic (exact) mass is 352 g/mol. The van der Waals surface area contributed by atoms with Crippen LogP contribution in [0.1, 0.15) is 26.7 Å². The fraction of sp³-hybridized carbons (Fsp3) is 0.438. The number of carbonyl (C=O) groups excluding carboxylic acids is 2. The maximum atomic E-state index is 11.7. The van der Waals surface area contributed by atoms with Crippen molar-refractivity contribution < 1.29 is 14.3 Å². The topological polar surface area (TPSA) is 68.3 Å². The molecule has 2 aromatic rings. The van der Waals surface area contributed by atoms with Gasteiger partial charge in [0.2, 0.25) is 0 Å². The number of rotatable bonds is 8. The van der Waals surface area contributed by atoms with Gasteiger partial charge < -0.3 is 10.1 Å². The molecule has 0 saturated carbocycles. The first-order valence-electron chi connectivity index (χ1n) is 7.52. The number of ether oxygens (including phenoxy) is 1. The second kappa shape index (κ2) is 8.88. The van der Waals surface area contributed by atoms with E-state index in [2.05, 4.69) is 17.2 Å². The molecule has 1 N–H and O–H groups in total. The van der Waals surface area contributed by atoms with Gasteiger partial charge in [-0.25, -0.2) is 4.98 Å². The van der Waals surface area contributed by atoms with Crippen LogP contribution in [0.25, 0.3) is 10.2 Å². The Labute approximate surface area is 143 Å². The molecule has 2 rings (SSSR count). The van der Waals surface area contributed by atoms with E-state index in [9.17, 15) is 9.59 Å². The highest BCUT2D eigenvalue weighted by Crippen LogP contribution is 2.29. The van der Waals surface area contributed by atoms with E-state index in [1.807, 2.05) is 31.2 Å². The van der Waals surface area contributed by atoms with Crippen molar-refractivity contribution in [2.24, 2.45) is 0 Å². The van der Waals surface area contributed by atoms with Crippen LogP contribution in [0.2, 0.25) is 0 Å². The molecule has 0 saturated heterocycles. The summed E-state index contributed by atoms with van der Waals surface area (Å²) in [6, 6.07) is 7.93. The zero-order valence-corrected chi connectivity index (χ0v) is 14.8. The van der Waals surface area contributed by atoms with Gasteiger partial charge in [-0.3, -0.25) is 9.59 Å². The van der Waals surface area contributed by atoms with E-state index in [0.717, 1.165) is 27.4 Å². The van der Waals surface area contributed by atoms with Crippen LogP contribution in [0, 0.1) is 0 Å². The van der Waals surface area contributed by atoms with Gasteiger partial charge in [0.15, 0.2) is 10.9 Å². The van der Waals surface area contributed by atoms with Gasteiger partial charge in [-0.05, 0) is 25.5 Å². The summed E-state index contributed by atoms with van der Waals surface area (Å²) in [5.74, 6) is -0.519. The molecule has 1 amide bonds. The molecule has 0 aliphatic rings. The number of hydrogen-bond acceptors (Lipinski definition) is 6. The van der Waals surface area contributed by atoms with Crippen molar-refractivity contribution in [3.63, 3.8) is 0 Å². The minimum atomic E-state index is -0.410. The van der Waals surface area contributed by atoms with Crippen LogP contribution < -0.4 is 5.32 Å². The predicted octanol–water partition coefficient (Wildman–Crippen LogP) is 3.24. The number of nitrogens with zero attached hydrogens (tertiary/aromatic N) is 1. The number of thiazole rings is 1. The Bertz CT molecular complexity index is 639. The third-order valence-electron chi connectivity index (χ3n) is 3.08. The lowest BCUT2D eigenvalue weighted by Crippen LogP contribution is -2.35. The second-order valence-corrected chi connectivity index (χ2v) is 7.41. The van der Waals surface area contributed by atoms with E-state index in [1.165, 1.54) is 11.8 Å². The van der Waals surface area contributed by atoms with E-state index in [1.54, 1.807) is 11.3 Å². The van der Waals surface area contributed by atoms with Gasteiger partial charge in [-0.2, -0.15) is 0 Å². The number of aromatic nitrogens is 1. The summed E-state index contributed by atoms with van der Waals surface area (Å²) < 4.78 is 6.90. The molecule has 124 valence electrons. The lowest BCUT2D eigenvalue weighted by atomic mass is 10.2. The van der Waals surface area contributed by atoms with Crippen LogP contribution >= 0.6 is 23.1 Å². The van der Waals surface area contributed by atoms with Crippen LogP contribution in [-0.2, 0) is 14.3 Å². The Balaban J connectivity index is 1.71. The van der Waals surface area contributed by atoms with Crippen molar-refractivity contribution >= 4 is 45.2 Å². The van der Waals surface area contributed by atoms with Gasteiger partial charge in [0.1, 0.15) is 0 Å². The normalized spacial score (nSPS) is 12.1. The highest BCUT2D eigenvalue weighted by atomic mass is 32.2. The second-order valence-electron chi connectivity index (χ2n) is 5.15. The molecule has 23 heavy (non-hydrogen) atoms. The predicted molar refractivity (Wildman–Crippen MR) is 93.8 cm³/mol. The molecular formula is C16H20N2O3S2. The highest BCUT2D eigenvalue weighted by molar-refractivity contribution is 8.01. The minimum absolute atomic E-state index is 0.100. The molecule has 0 aliphatic carbocycles. The third-order valence-corrected chi connectivity index (χ3v) is 5.23.